The Kier molecular flexibility index (Phi) is 3.60. The van der Waals surface area contributed by atoms with E-state index in [1.54, 1.807) is 11.3 Å². The zero-order valence-corrected chi connectivity index (χ0v) is 14.7. The van der Waals surface area contributed by atoms with Crippen molar-refractivity contribution in [2.75, 3.05) is 0 Å². The number of amides is 1. The summed E-state index contributed by atoms with van der Waals surface area (Å²) in [6, 6.07) is -0.150. The van der Waals surface area contributed by atoms with Crippen LogP contribution in [0.5, 0.6) is 0 Å². The molecule has 4 rings (SSSR count). The van der Waals surface area contributed by atoms with Gasteiger partial charge in [-0.25, -0.2) is 9.97 Å². The van der Waals surface area contributed by atoms with Crippen LogP contribution in [0.1, 0.15) is 57.4 Å². The summed E-state index contributed by atoms with van der Waals surface area (Å²) in [5, 5.41) is 10.8. The van der Waals surface area contributed by atoms with Crippen LogP contribution < -0.4 is 5.32 Å². The second-order valence-corrected chi connectivity index (χ2v) is 7.26. The SMILES string of the molecule is Cc1nc([C@H](C)NC(=O)c2c3c(nc4onc(C)c24)CCC3)cs1. The number of hydrogen-bond donors (Lipinski definition) is 1. The van der Waals surface area contributed by atoms with Crippen molar-refractivity contribution in [2.24, 2.45) is 0 Å². The Morgan fingerprint density at radius 1 is 1.33 bits per heavy atom. The number of hydrogen-bond acceptors (Lipinski definition) is 6. The summed E-state index contributed by atoms with van der Waals surface area (Å²) < 4.78 is 5.31. The minimum absolute atomic E-state index is 0.106. The minimum atomic E-state index is -0.150. The first-order valence-electron chi connectivity index (χ1n) is 8.05. The normalized spacial score (nSPS) is 14.8. The van der Waals surface area contributed by atoms with Gasteiger partial charge in [0.05, 0.1) is 33.4 Å². The lowest BCUT2D eigenvalue weighted by Gasteiger charge is -2.14. The number of thiazole rings is 1. The highest BCUT2D eigenvalue weighted by Gasteiger charge is 2.28. The molecule has 24 heavy (non-hydrogen) atoms. The molecule has 3 heterocycles. The quantitative estimate of drug-likeness (QED) is 0.790. The number of carbonyl (C=O) groups excluding carboxylic acids is 1. The monoisotopic (exact) mass is 342 g/mol. The molecule has 6 nitrogen and oxygen atoms in total. The fourth-order valence-corrected chi connectivity index (χ4v) is 3.99. The van der Waals surface area contributed by atoms with Crippen LogP contribution in [0.15, 0.2) is 9.90 Å². The summed E-state index contributed by atoms with van der Waals surface area (Å²) in [6.07, 6.45) is 2.77. The Hall–Kier alpha value is -2.28. The van der Waals surface area contributed by atoms with E-state index in [4.69, 9.17) is 4.52 Å². The van der Waals surface area contributed by atoms with E-state index in [0.717, 1.165) is 46.6 Å². The van der Waals surface area contributed by atoms with Gasteiger partial charge in [0.2, 0.25) is 0 Å². The molecule has 124 valence electrons. The zero-order chi connectivity index (χ0) is 16.8. The predicted molar refractivity (Wildman–Crippen MR) is 91.3 cm³/mol. The van der Waals surface area contributed by atoms with Crippen molar-refractivity contribution in [1.82, 2.24) is 20.4 Å². The van der Waals surface area contributed by atoms with Gasteiger partial charge in [-0.3, -0.25) is 4.79 Å². The van der Waals surface area contributed by atoms with Gasteiger partial charge in [-0.15, -0.1) is 11.3 Å². The highest BCUT2D eigenvalue weighted by atomic mass is 32.1. The number of nitrogens with one attached hydrogen (secondary N) is 1. The van der Waals surface area contributed by atoms with E-state index in [1.807, 2.05) is 26.2 Å². The van der Waals surface area contributed by atoms with Crippen LogP contribution in [0.3, 0.4) is 0 Å². The van der Waals surface area contributed by atoms with Gasteiger partial charge in [0.15, 0.2) is 0 Å². The second-order valence-electron chi connectivity index (χ2n) is 6.20. The van der Waals surface area contributed by atoms with Crippen molar-refractivity contribution >= 4 is 28.3 Å². The Bertz CT molecular complexity index is 944. The van der Waals surface area contributed by atoms with Crippen LogP contribution in [0.4, 0.5) is 0 Å². The highest BCUT2D eigenvalue weighted by Crippen LogP contribution is 2.32. The maximum atomic E-state index is 13.0. The maximum Gasteiger partial charge on any atom is 0.259 e. The summed E-state index contributed by atoms with van der Waals surface area (Å²) in [5.74, 6) is -0.106. The van der Waals surface area contributed by atoms with E-state index in [0.29, 0.717) is 17.0 Å². The lowest BCUT2D eigenvalue weighted by atomic mass is 10.0. The summed E-state index contributed by atoms with van der Waals surface area (Å²) in [4.78, 5) is 22.0. The summed E-state index contributed by atoms with van der Waals surface area (Å²) in [6.45, 7) is 5.76. The second kappa shape index (κ2) is 5.66. The number of carbonyl (C=O) groups is 1. The first-order valence-corrected chi connectivity index (χ1v) is 8.93. The van der Waals surface area contributed by atoms with Gasteiger partial charge in [0.25, 0.3) is 11.6 Å². The number of pyridine rings is 1. The lowest BCUT2D eigenvalue weighted by molar-refractivity contribution is 0.0940. The smallest absolute Gasteiger partial charge is 0.259 e. The van der Waals surface area contributed by atoms with Crippen LogP contribution in [0.2, 0.25) is 0 Å². The average Bonchev–Trinajstić information content (AvgIpc) is 3.26. The standard InChI is InChI=1S/C17H18N4O2S/c1-8(13-7-24-10(3)19-13)18-16(22)15-11-5-4-6-12(11)20-17-14(15)9(2)21-23-17/h7-8H,4-6H2,1-3H3,(H,18,22)/t8-/m0/s1. The van der Waals surface area contributed by atoms with Crippen molar-refractivity contribution in [3.63, 3.8) is 0 Å². The first kappa shape index (κ1) is 15.3. The van der Waals surface area contributed by atoms with Crippen LogP contribution in [0, 0.1) is 13.8 Å². The number of aromatic nitrogens is 3. The Labute approximate surface area is 143 Å². The summed E-state index contributed by atoms with van der Waals surface area (Å²) in [7, 11) is 0. The lowest BCUT2D eigenvalue weighted by Crippen LogP contribution is -2.28. The number of fused-ring (bicyclic) bond motifs is 2. The molecule has 1 N–H and O–H groups in total. The first-order chi connectivity index (χ1) is 11.5. The molecule has 0 fully saturated rings. The van der Waals surface area contributed by atoms with Crippen molar-refractivity contribution in [3.05, 3.63) is 38.6 Å². The Morgan fingerprint density at radius 3 is 2.92 bits per heavy atom. The summed E-state index contributed by atoms with van der Waals surface area (Å²) >= 11 is 1.58. The van der Waals surface area contributed by atoms with Crippen molar-refractivity contribution in [2.45, 2.75) is 46.1 Å². The van der Waals surface area contributed by atoms with Gasteiger partial charge in [-0.2, -0.15) is 0 Å². The Balaban J connectivity index is 1.75. The molecule has 1 amide bonds. The van der Waals surface area contributed by atoms with E-state index < -0.39 is 0 Å². The molecule has 1 atom stereocenters. The molecule has 0 radical (unpaired) electrons. The predicted octanol–water partition coefficient (Wildman–Crippen LogP) is 3.28. The van der Waals surface area contributed by atoms with E-state index >= 15 is 0 Å². The van der Waals surface area contributed by atoms with Gasteiger partial charge >= 0.3 is 0 Å². The fraction of sp³-hybridized carbons (Fsp3) is 0.412. The number of nitrogens with zero attached hydrogens (tertiary/aromatic N) is 3. The van der Waals surface area contributed by atoms with Crippen molar-refractivity contribution in [3.8, 4) is 0 Å². The number of aryl methyl sites for hydroxylation is 3. The highest BCUT2D eigenvalue weighted by molar-refractivity contribution is 7.09. The minimum Gasteiger partial charge on any atom is -0.344 e. The molecule has 1 aliphatic carbocycles. The molecule has 3 aromatic heterocycles. The fourth-order valence-electron chi connectivity index (χ4n) is 3.29. The van der Waals surface area contributed by atoms with E-state index in [1.165, 1.54) is 0 Å². The third-order valence-corrected chi connectivity index (χ3v) is 5.27. The topological polar surface area (TPSA) is 80.9 Å². The van der Waals surface area contributed by atoms with Gasteiger partial charge < -0.3 is 9.84 Å². The van der Waals surface area contributed by atoms with E-state index in [2.05, 4.69) is 20.4 Å². The molecule has 0 aromatic carbocycles. The summed E-state index contributed by atoms with van der Waals surface area (Å²) in [5.41, 5.74) is 4.71. The molecule has 7 heteroatoms. The molecule has 0 aliphatic heterocycles. The molecular formula is C17H18N4O2S. The van der Waals surface area contributed by atoms with Gasteiger partial charge in [0, 0.05) is 11.1 Å². The molecule has 0 saturated heterocycles. The molecule has 0 spiro atoms. The largest absolute Gasteiger partial charge is 0.344 e. The van der Waals surface area contributed by atoms with Crippen molar-refractivity contribution in [1.29, 1.82) is 0 Å². The van der Waals surface area contributed by atoms with Crippen molar-refractivity contribution < 1.29 is 9.32 Å². The number of rotatable bonds is 3. The van der Waals surface area contributed by atoms with Crippen LogP contribution >= 0.6 is 11.3 Å². The third-order valence-electron chi connectivity index (χ3n) is 4.48. The van der Waals surface area contributed by atoms with E-state index in [-0.39, 0.29) is 11.9 Å². The van der Waals surface area contributed by atoms with Crippen LogP contribution in [0.25, 0.3) is 11.1 Å². The molecule has 0 saturated carbocycles. The molecular weight excluding hydrogens is 324 g/mol. The van der Waals surface area contributed by atoms with Gasteiger partial charge in [-0.05, 0) is 45.6 Å². The van der Waals surface area contributed by atoms with Crippen LogP contribution in [-0.2, 0) is 12.8 Å². The molecule has 3 aromatic rings. The van der Waals surface area contributed by atoms with Gasteiger partial charge in [0.1, 0.15) is 0 Å². The average molecular weight is 342 g/mol. The third kappa shape index (κ3) is 2.39. The van der Waals surface area contributed by atoms with Crippen LogP contribution in [-0.4, -0.2) is 21.0 Å². The van der Waals surface area contributed by atoms with E-state index in [9.17, 15) is 4.79 Å². The Morgan fingerprint density at radius 2 is 2.17 bits per heavy atom. The van der Waals surface area contributed by atoms with Gasteiger partial charge in [-0.1, -0.05) is 5.16 Å². The maximum absolute atomic E-state index is 13.0. The molecule has 0 bridgehead atoms. The zero-order valence-electron chi connectivity index (χ0n) is 13.8. The molecule has 1 aliphatic rings. The molecule has 0 unspecified atom stereocenters.